The molecule has 0 atom stereocenters. The van der Waals surface area contributed by atoms with Gasteiger partial charge in [-0.1, -0.05) is 69.0 Å². The molecule has 0 amide bonds. The third-order valence-corrected chi connectivity index (χ3v) is 4.94. The Balaban J connectivity index is 0.000000924. The molecule has 0 saturated carbocycles. The molecule has 0 fully saturated rings. The fourth-order valence-electron chi connectivity index (χ4n) is 2.70. The lowest BCUT2D eigenvalue weighted by atomic mass is 9.76. The van der Waals surface area contributed by atoms with Gasteiger partial charge in [-0.15, -0.1) is 11.3 Å². The number of hydrogen-bond acceptors (Lipinski definition) is 3. The maximum Gasteiger partial charge on any atom is 0.489 e. The Morgan fingerprint density at radius 2 is 1.74 bits per heavy atom. The maximum atomic E-state index is 9.69. The first kappa shape index (κ1) is 17.5. The summed E-state index contributed by atoms with van der Waals surface area (Å²) < 4.78 is 2.33. The predicted molar refractivity (Wildman–Crippen MR) is 105 cm³/mol. The molecule has 0 aliphatic heterocycles. The second-order valence-corrected chi connectivity index (χ2v) is 5.88. The zero-order valence-electron chi connectivity index (χ0n) is 13.7. The summed E-state index contributed by atoms with van der Waals surface area (Å²) in [7, 11) is -1.48. The lowest BCUT2D eigenvalue weighted by Gasteiger charge is -2.07. The molecule has 0 bridgehead atoms. The van der Waals surface area contributed by atoms with E-state index in [0.717, 1.165) is 26.1 Å². The summed E-state index contributed by atoms with van der Waals surface area (Å²) in [5.41, 5.74) is 0.539. The molecule has 23 heavy (non-hydrogen) atoms. The summed E-state index contributed by atoms with van der Waals surface area (Å²) in [4.78, 5) is 0. The first-order chi connectivity index (χ1) is 11.2. The van der Waals surface area contributed by atoms with Crippen molar-refractivity contribution in [1.29, 1.82) is 0 Å². The van der Waals surface area contributed by atoms with E-state index in [0.29, 0.717) is 5.46 Å². The van der Waals surface area contributed by atoms with E-state index >= 15 is 0 Å². The van der Waals surface area contributed by atoms with Crippen molar-refractivity contribution >= 4 is 56.9 Å². The van der Waals surface area contributed by atoms with Crippen molar-refractivity contribution in [2.75, 3.05) is 0 Å². The molecule has 0 radical (unpaired) electrons. The molecular weight excluding hydrogens is 303 g/mol. The lowest BCUT2D eigenvalue weighted by molar-refractivity contribution is 0.426. The van der Waals surface area contributed by atoms with Gasteiger partial charge in [0.05, 0.1) is 0 Å². The van der Waals surface area contributed by atoms with Crippen LogP contribution < -0.4 is 15.2 Å². The van der Waals surface area contributed by atoms with Crippen LogP contribution in [0.1, 0.15) is 20.8 Å². The van der Waals surface area contributed by atoms with Gasteiger partial charge < -0.3 is 10.0 Å². The molecule has 2 aromatic carbocycles. The van der Waals surface area contributed by atoms with Crippen molar-refractivity contribution < 1.29 is 10.0 Å². The highest BCUT2D eigenvalue weighted by Crippen LogP contribution is 2.24. The van der Waals surface area contributed by atoms with Crippen molar-refractivity contribution in [3.05, 3.63) is 52.7 Å². The highest BCUT2D eigenvalue weighted by molar-refractivity contribution is 7.18. The Hall–Kier alpha value is -1.88. The number of rotatable bonds is 2. The smallest absolute Gasteiger partial charge is 0.423 e. The monoisotopic (exact) mass is 324 g/mol. The molecule has 0 saturated heterocycles. The van der Waals surface area contributed by atoms with Crippen LogP contribution in [0.4, 0.5) is 0 Å². The molecule has 2 nitrogen and oxygen atoms in total. The van der Waals surface area contributed by atoms with E-state index in [1.54, 1.807) is 17.4 Å². The Bertz CT molecular complexity index is 955. The summed E-state index contributed by atoms with van der Waals surface area (Å²) in [5.74, 6) is 0. The molecule has 1 aromatic heterocycles. The minimum Gasteiger partial charge on any atom is -0.423 e. The second-order valence-electron chi connectivity index (χ2n) is 4.83. The normalized spacial score (nSPS) is 12.4. The van der Waals surface area contributed by atoms with Gasteiger partial charge in [-0.05, 0) is 28.4 Å². The molecule has 3 rings (SSSR count). The lowest BCUT2D eigenvalue weighted by Crippen LogP contribution is -2.31. The van der Waals surface area contributed by atoms with Gasteiger partial charge in [-0.25, -0.2) is 0 Å². The van der Waals surface area contributed by atoms with Crippen molar-refractivity contribution in [3.8, 4) is 0 Å². The van der Waals surface area contributed by atoms with Crippen LogP contribution in [0.3, 0.4) is 0 Å². The zero-order valence-corrected chi connectivity index (χ0v) is 14.5. The third kappa shape index (κ3) is 3.11. The van der Waals surface area contributed by atoms with E-state index < -0.39 is 7.12 Å². The highest BCUT2D eigenvalue weighted by atomic mass is 32.1. The number of benzene rings is 2. The van der Waals surface area contributed by atoms with E-state index in [4.69, 9.17) is 0 Å². The average Bonchev–Trinajstić information content (AvgIpc) is 2.94. The molecule has 3 aromatic rings. The van der Waals surface area contributed by atoms with Gasteiger partial charge in [0.2, 0.25) is 0 Å². The molecule has 0 spiro atoms. The minimum absolute atomic E-state index is 0.539. The zero-order chi connectivity index (χ0) is 17.0. The summed E-state index contributed by atoms with van der Waals surface area (Å²) >= 11 is 1.72. The van der Waals surface area contributed by atoms with Gasteiger partial charge in [0.25, 0.3) is 0 Å². The second kappa shape index (κ2) is 7.60. The fourth-order valence-corrected chi connectivity index (χ4v) is 3.89. The molecule has 4 heteroatoms. The fraction of sp³-hybridized carbons (Fsp3) is 0.158. The van der Waals surface area contributed by atoms with Crippen molar-refractivity contribution in [3.63, 3.8) is 0 Å². The van der Waals surface area contributed by atoms with Crippen LogP contribution in [0, 0.1) is 0 Å². The van der Waals surface area contributed by atoms with Gasteiger partial charge in [-0.2, -0.15) is 0 Å². The largest absolute Gasteiger partial charge is 0.489 e. The topological polar surface area (TPSA) is 40.5 Å². The van der Waals surface area contributed by atoms with E-state index in [1.807, 2.05) is 57.2 Å². The molecule has 0 unspecified atom stereocenters. The van der Waals surface area contributed by atoms with Gasteiger partial charge in [0.1, 0.15) is 0 Å². The predicted octanol–water partition coefficient (Wildman–Crippen LogP) is 2.53. The third-order valence-electron chi connectivity index (χ3n) is 3.62. The standard InChI is InChI=1S/C17H15BO2S.C2H6/c1-3-7-12-14-10-15(18(19)20)11-8-5-6-9-13(11)17(14)21-16(12)4-2;1-2/h3-10,19-20H,1H2,2H3;1-2H3/b12-7-,16-4+;. The van der Waals surface area contributed by atoms with Crippen molar-refractivity contribution in [1.82, 2.24) is 0 Å². The van der Waals surface area contributed by atoms with E-state index in [-0.39, 0.29) is 0 Å². The van der Waals surface area contributed by atoms with E-state index in [2.05, 4.69) is 12.7 Å². The first-order valence-corrected chi connectivity index (χ1v) is 8.58. The average molecular weight is 324 g/mol. The van der Waals surface area contributed by atoms with Crippen molar-refractivity contribution in [2.24, 2.45) is 0 Å². The molecule has 2 N–H and O–H groups in total. The maximum absolute atomic E-state index is 9.69. The SMILES string of the molecule is C=C/C=c1\c(=C/C)sc2c1cc(B(O)O)c1ccccc12.CC. The van der Waals surface area contributed by atoms with E-state index in [9.17, 15) is 10.0 Å². The Kier molecular flexibility index (Phi) is 5.77. The minimum atomic E-state index is -1.48. The van der Waals surface area contributed by atoms with Crippen LogP contribution in [-0.4, -0.2) is 17.2 Å². The van der Waals surface area contributed by atoms with Gasteiger partial charge >= 0.3 is 7.12 Å². The number of allylic oxidation sites excluding steroid dienone is 1. The first-order valence-electron chi connectivity index (χ1n) is 7.76. The van der Waals surface area contributed by atoms with Crippen LogP contribution in [0.25, 0.3) is 33.0 Å². The summed E-state index contributed by atoms with van der Waals surface area (Å²) in [5, 5.41) is 23.4. The molecule has 0 aliphatic carbocycles. The van der Waals surface area contributed by atoms with E-state index in [1.165, 1.54) is 4.53 Å². The number of hydrogen-bond donors (Lipinski definition) is 2. The quantitative estimate of drug-likeness (QED) is 0.711. The van der Waals surface area contributed by atoms with Crippen LogP contribution in [0.2, 0.25) is 0 Å². The van der Waals surface area contributed by atoms with Crippen molar-refractivity contribution in [2.45, 2.75) is 20.8 Å². The Labute approximate surface area is 140 Å². The van der Waals surface area contributed by atoms with Crippen LogP contribution in [0.5, 0.6) is 0 Å². The van der Waals surface area contributed by atoms with Gasteiger partial charge in [0, 0.05) is 14.6 Å². The van der Waals surface area contributed by atoms with Crippen LogP contribution >= 0.6 is 11.3 Å². The number of thiophene rings is 1. The number of fused-ring (bicyclic) bond motifs is 3. The van der Waals surface area contributed by atoms with Crippen LogP contribution in [0.15, 0.2) is 43.0 Å². The molecule has 1 heterocycles. The highest BCUT2D eigenvalue weighted by Gasteiger charge is 2.18. The van der Waals surface area contributed by atoms with Crippen LogP contribution in [-0.2, 0) is 0 Å². The Morgan fingerprint density at radius 1 is 1.09 bits per heavy atom. The summed E-state index contributed by atoms with van der Waals surface area (Å²) in [6, 6.07) is 9.71. The summed E-state index contributed by atoms with van der Waals surface area (Å²) in [6.07, 6.45) is 5.80. The molecular formula is C19H21BO2S. The van der Waals surface area contributed by atoms with Gasteiger partial charge in [-0.3, -0.25) is 0 Å². The van der Waals surface area contributed by atoms with Gasteiger partial charge in [0.15, 0.2) is 0 Å². The molecule has 118 valence electrons. The Morgan fingerprint density at radius 3 is 2.30 bits per heavy atom. The summed E-state index contributed by atoms with van der Waals surface area (Å²) in [6.45, 7) is 9.78. The molecule has 0 aliphatic rings.